The van der Waals surface area contributed by atoms with Gasteiger partial charge in [-0.1, -0.05) is 18.2 Å². The van der Waals surface area contributed by atoms with Crippen LogP contribution in [0.5, 0.6) is 5.75 Å². The molecule has 0 spiro atoms. The van der Waals surface area contributed by atoms with Gasteiger partial charge < -0.3 is 10.1 Å². The fourth-order valence-electron chi connectivity index (χ4n) is 3.02. The molecule has 4 rings (SSSR count). The van der Waals surface area contributed by atoms with E-state index in [2.05, 4.69) is 42.8 Å². The third-order valence-corrected chi connectivity index (χ3v) is 6.61. The van der Waals surface area contributed by atoms with E-state index < -0.39 is 15.9 Å². The van der Waals surface area contributed by atoms with Crippen LogP contribution in [0.4, 0.5) is 11.4 Å². The maximum Gasteiger partial charge on any atom is 0.276 e. The Hall–Kier alpha value is -3.12. The van der Waals surface area contributed by atoms with Gasteiger partial charge in [-0.2, -0.15) is 5.10 Å². The molecule has 158 valence electrons. The first-order valence-corrected chi connectivity index (χ1v) is 11.6. The Morgan fingerprint density at radius 3 is 2.48 bits per heavy atom. The topological polar surface area (TPSA) is 113 Å². The SMILES string of the molecule is COc1ccc(NC(=O)c2n[nH]c3ccccc23)cc1S(=O)(=O)Nc1ccc(I)cc1. The van der Waals surface area contributed by atoms with Gasteiger partial charge in [-0.15, -0.1) is 0 Å². The Labute approximate surface area is 192 Å². The molecule has 10 heteroatoms. The zero-order valence-corrected chi connectivity index (χ0v) is 19.2. The number of para-hydroxylation sites is 1. The van der Waals surface area contributed by atoms with E-state index in [1.54, 1.807) is 36.4 Å². The Bertz CT molecular complexity index is 1370. The summed E-state index contributed by atoms with van der Waals surface area (Å²) in [4.78, 5) is 12.6. The van der Waals surface area contributed by atoms with Crippen molar-refractivity contribution in [2.75, 3.05) is 17.1 Å². The first kappa shape index (κ1) is 21.1. The van der Waals surface area contributed by atoms with E-state index in [0.29, 0.717) is 16.8 Å². The zero-order chi connectivity index (χ0) is 22.0. The number of benzene rings is 3. The molecular formula is C21H17IN4O4S. The second-order valence-corrected chi connectivity index (χ2v) is 9.45. The fraction of sp³-hybridized carbons (Fsp3) is 0.0476. The molecule has 1 heterocycles. The van der Waals surface area contributed by atoms with E-state index in [4.69, 9.17) is 4.74 Å². The van der Waals surface area contributed by atoms with Crippen molar-refractivity contribution in [3.8, 4) is 5.75 Å². The van der Waals surface area contributed by atoms with E-state index in [1.807, 2.05) is 18.2 Å². The zero-order valence-electron chi connectivity index (χ0n) is 16.2. The minimum Gasteiger partial charge on any atom is -0.495 e. The number of nitrogens with one attached hydrogen (secondary N) is 3. The van der Waals surface area contributed by atoms with Gasteiger partial charge in [0, 0.05) is 20.3 Å². The average molecular weight is 548 g/mol. The second kappa shape index (κ2) is 8.55. The van der Waals surface area contributed by atoms with Crippen LogP contribution in [0.2, 0.25) is 0 Å². The number of aromatic nitrogens is 2. The highest BCUT2D eigenvalue weighted by Crippen LogP contribution is 2.29. The van der Waals surface area contributed by atoms with Gasteiger partial charge in [0.2, 0.25) is 0 Å². The molecule has 0 aliphatic rings. The number of halogens is 1. The lowest BCUT2D eigenvalue weighted by atomic mass is 10.2. The van der Waals surface area contributed by atoms with Gasteiger partial charge in [0.05, 0.1) is 12.6 Å². The van der Waals surface area contributed by atoms with Gasteiger partial charge in [-0.05, 0) is 71.1 Å². The van der Waals surface area contributed by atoms with Crippen molar-refractivity contribution in [1.29, 1.82) is 0 Å². The molecule has 3 N–H and O–H groups in total. The Kier molecular flexibility index (Phi) is 5.83. The van der Waals surface area contributed by atoms with Crippen molar-refractivity contribution < 1.29 is 17.9 Å². The molecule has 0 bridgehead atoms. The predicted molar refractivity (Wildman–Crippen MR) is 127 cm³/mol. The van der Waals surface area contributed by atoms with Gasteiger partial charge >= 0.3 is 0 Å². The Morgan fingerprint density at radius 2 is 1.74 bits per heavy atom. The lowest BCUT2D eigenvalue weighted by Gasteiger charge is -2.13. The van der Waals surface area contributed by atoms with Crippen molar-refractivity contribution in [2.45, 2.75) is 4.90 Å². The summed E-state index contributed by atoms with van der Waals surface area (Å²) in [5, 5.41) is 10.2. The molecule has 0 fully saturated rings. The molecule has 0 aliphatic carbocycles. The summed E-state index contributed by atoms with van der Waals surface area (Å²) in [7, 11) is -2.58. The largest absolute Gasteiger partial charge is 0.495 e. The summed E-state index contributed by atoms with van der Waals surface area (Å²) in [6, 6.07) is 18.6. The molecule has 4 aromatic rings. The van der Waals surface area contributed by atoms with E-state index in [1.165, 1.54) is 19.2 Å². The van der Waals surface area contributed by atoms with Crippen LogP contribution < -0.4 is 14.8 Å². The molecule has 0 saturated carbocycles. The molecule has 0 radical (unpaired) electrons. The van der Waals surface area contributed by atoms with E-state index in [-0.39, 0.29) is 16.3 Å². The summed E-state index contributed by atoms with van der Waals surface area (Å²) in [5.74, 6) is -0.308. The number of fused-ring (bicyclic) bond motifs is 1. The first-order chi connectivity index (χ1) is 14.9. The van der Waals surface area contributed by atoms with Crippen LogP contribution in [0.1, 0.15) is 10.5 Å². The number of carbonyl (C=O) groups is 1. The smallest absolute Gasteiger partial charge is 0.276 e. The Balaban J connectivity index is 1.64. The standard InChI is InChI=1S/C21H17IN4O4S/c1-30-18-11-10-15(23-21(27)20-16-4-2-3-5-17(16)24-25-20)12-19(18)31(28,29)26-14-8-6-13(22)7-9-14/h2-12,26H,1H3,(H,23,27)(H,24,25). The van der Waals surface area contributed by atoms with E-state index in [0.717, 1.165) is 9.09 Å². The summed E-state index contributed by atoms with van der Waals surface area (Å²) >= 11 is 2.14. The van der Waals surface area contributed by atoms with Gasteiger partial charge in [-0.3, -0.25) is 14.6 Å². The molecule has 31 heavy (non-hydrogen) atoms. The van der Waals surface area contributed by atoms with Crippen molar-refractivity contribution in [1.82, 2.24) is 10.2 Å². The second-order valence-electron chi connectivity index (χ2n) is 6.55. The molecule has 1 aromatic heterocycles. The third-order valence-electron chi connectivity index (χ3n) is 4.49. The van der Waals surface area contributed by atoms with Gasteiger partial charge in [-0.25, -0.2) is 8.42 Å². The minimum absolute atomic E-state index is 0.0989. The van der Waals surface area contributed by atoms with Crippen LogP contribution >= 0.6 is 22.6 Å². The van der Waals surface area contributed by atoms with Crippen LogP contribution in [0.25, 0.3) is 10.9 Å². The van der Waals surface area contributed by atoms with Gasteiger partial charge in [0.15, 0.2) is 5.69 Å². The summed E-state index contributed by atoms with van der Waals surface area (Å²) in [5.41, 5.74) is 1.65. The van der Waals surface area contributed by atoms with Crippen LogP contribution in [0.15, 0.2) is 71.6 Å². The first-order valence-electron chi connectivity index (χ1n) is 9.08. The number of aromatic amines is 1. The summed E-state index contributed by atoms with van der Waals surface area (Å²) < 4.78 is 34.7. The highest BCUT2D eigenvalue weighted by atomic mass is 127. The summed E-state index contributed by atoms with van der Waals surface area (Å²) in [6.45, 7) is 0. The van der Waals surface area contributed by atoms with Crippen molar-refractivity contribution in [3.05, 3.63) is 76.0 Å². The monoisotopic (exact) mass is 548 g/mol. The summed E-state index contributed by atoms with van der Waals surface area (Å²) in [6.07, 6.45) is 0. The quantitative estimate of drug-likeness (QED) is 0.312. The van der Waals surface area contributed by atoms with Crippen LogP contribution in [-0.4, -0.2) is 31.6 Å². The molecule has 0 saturated heterocycles. The molecular weight excluding hydrogens is 531 g/mol. The van der Waals surface area contributed by atoms with E-state index >= 15 is 0 Å². The number of anilines is 2. The van der Waals surface area contributed by atoms with Crippen molar-refractivity contribution >= 4 is 60.8 Å². The van der Waals surface area contributed by atoms with Crippen molar-refractivity contribution in [2.24, 2.45) is 0 Å². The number of hydrogen-bond donors (Lipinski definition) is 3. The van der Waals surface area contributed by atoms with E-state index in [9.17, 15) is 13.2 Å². The number of nitrogens with zero attached hydrogens (tertiary/aromatic N) is 1. The number of carbonyl (C=O) groups excluding carboxylic acids is 1. The highest BCUT2D eigenvalue weighted by Gasteiger charge is 2.22. The lowest BCUT2D eigenvalue weighted by molar-refractivity contribution is 0.102. The molecule has 3 aromatic carbocycles. The minimum atomic E-state index is -3.97. The maximum atomic E-state index is 13.0. The molecule has 8 nitrogen and oxygen atoms in total. The number of ether oxygens (including phenoxy) is 1. The number of H-pyrrole nitrogens is 1. The normalized spacial score (nSPS) is 11.3. The number of methoxy groups -OCH3 is 1. The van der Waals surface area contributed by atoms with Crippen LogP contribution in [0, 0.1) is 3.57 Å². The van der Waals surface area contributed by atoms with Crippen molar-refractivity contribution in [3.63, 3.8) is 0 Å². The highest BCUT2D eigenvalue weighted by molar-refractivity contribution is 14.1. The van der Waals surface area contributed by atoms with Crippen LogP contribution in [-0.2, 0) is 10.0 Å². The molecule has 0 atom stereocenters. The number of amides is 1. The van der Waals surface area contributed by atoms with Crippen LogP contribution in [0.3, 0.4) is 0 Å². The fourth-order valence-corrected chi connectivity index (χ4v) is 4.63. The molecule has 0 aliphatic heterocycles. The number of sulfonamides is 1. The number of rotatable bonds is 6. The van der Waals surface area contributed by atoms with Gasteiger partial charge in [0.1, 0.15) is 10.6 Å². The lowest BCUT2D eigenvalue weighted by Crippen LogP contribution is -2.16. The third kappa shape index (κ3) is 4.49. The molecule has 0 unspecified atom stereocenters. The average Bonchev–Trinajstić information content (AvgIpc) is 3.19. The Morgan fingerprint density at radius 1 is 1.03 bits per heavy atom. The number of hydrogen-bond acceptors (Lipinski definition) is 5. The molecule has 1 amide bonds. The predicted octanol–water partition coefficient (Wildman–Crippen LogP) is 4.23. The maximum absolute atomic E-state index is 13.0. The van der Waals surface area contributed by atoms with Gasteiger partial charge in [0.25, 0.3) is 15.9 Å².